The lowest BCUT2D eigenvalue weighted by Gasteiger charge is -2.34. The third kappa shape index (κ3) is 3.22. The molecule has 2 atom stereocenters. The maximum Gasteiger partial charge on any atom is 0.118 e. The van der Waals surface area contributed by atoms with E-state index in [1.807, 2.05) is 12.1 Å². The van der Waals surface area contributed by atoms with Crippen molar-refractivity contribution in [3.8, 4) is 5.75 Å². The molecule has 0 bridgehead atoms. The number of methoxy groups -OCH3 is 1. The van der Waals surface area contributed by atoms with E-state index in [9.17, 15) is 0 Å². The van der Waals surface area contributed by atoms with E-state index in [-0.39, 0.29) is 6.04 Å². The molecule has 0 radical (unpaired) electrons. The second-order valence-corrected chi connectivity index (χ2v) is 4.95. The van der Waals surface area contributed by atoms with Gasteiger partial charge >= 0.3 is 0 Å². The number of nitrogens with zero attached hydrogens (tertiary/aromatic N) is 1. The number of rotatable bonds is 4. The molecule has 1 fully saturated rings. The first kappa shape index (κ1) is 13.3. The molecule has 100 valence electrons. The van der Waals surface area contributed by atoms with E-state index in [1.54, 1.807) is 7.11 Å². The molecule has 0 saturated carbocycles. The first-order valence-electron chi connectivity index (χ1n) is 6.51. The molecule has 1 aromatic carbocycles. The third-order valence-electron chi connectivity index (χ3n) is 3.71. The van der Waals surface area contributed by atoms with E-state index in [0.29, 0.717) is 6.04 Å². The monoisotopic (exact) mass is 249 g/mol. The van der Waals surface area contributed by atoms with Crippen LogP contribution >= 0.6 is 0 Å². The van der Waals surface area contributed by atoms with Crippen molar-refractivity contribution < 1.29 is 4.74 Å². The first-order valence-corrected chi connectivity index (χ1v) is 6.51. The van der Waals surface area contributed by atoms with Gasteiger partial charge in [-0.1, -0.05) is 12.1 Å². The fourth-order valence-corrected chi connectivity index (χ4v) is 2.41. The van der Waals surface area contributed by atoms with Crippen LogP contribution in [0, 0.1) is 0 Å². The van der Waals surface area contributed by atoms with E-state index >= 15 is 0 Å². The Hall–Kier alpha value is -1.10. The van der Waals surface area contributed by atoms with Gasteiger partial charge in [0.25, 0.3) is 0 Å². The summed E-state index contributed by atoms with van der Waals surface area (Å²) >= 11 is 0. The van der Waals surface area contributed by atoms with Crippen molar-refractivity contribution in [1.29, 1.82) is 0 Å². The highest BCUT2D eigenvalue weighted by molar-refractivity contribution is 5.29. The maximum absolute atomic E-state index is 6.28. The van der Waals surface area contributed by atoms with Gasteiger partial charge in [0.1, 0.15) is 5.75 Å². The Kier molecular flexibility index (Phi) is 4.58. The number of piperazine rings is 1. The van der Waals surface area contributed by atoms with Gasteiger partial charge in [-0.3, -0.25) is 0 Å². The average molecular weight is 249 g/mol. The molecule has 0 amide bonds. The molecule has 2 rings (SSSR count). The van der Waals surface area contributed by atoms with Crippen LogP contribution in [0.1, 0.15) is 18.0 Å². The minimum atomic E-state index is 0.0863. The highest BCUT2D eigenvalue weighted by Crippen LogP contribution is 2.21. The Balaban J connectivity index is 1.95. The van der Waals surface area contributed by atoms with Gasteiger partial charge in [-0.15, -0.1) is 0 Å². The summed E-state index contributed by atoms with van der Waals surface area (Å²) in [6, 6.07) is 8.66. The second kappa shape index (κ2) is 6.18. The maximum atomic E-state index is 6.28. The fourth-order valence-electron chi connectivity index (χ4n) is 2.41. The van der Waals surface area contributed by atoms with Crippen molar-refractivity contribution >= 4 is 0 Å². The van der Waals surface area contributed by atoms with Gasteiger partial charge in [-0.2, -0.15) is 0 Å². The number of hydrogen-bond donors (Lipinski definition) is 2. The summed E-state index contributed by atoms with van der Waals surface area (Å²) in [5, 5.41) is 3.42. The van der Waals surface area contributed by atoms with Gasteiger partial charge < -0.3 is 20.7 Å². The smallest absolute Gasteiger partial charge is 0.118 e. The predicted octanol–water partition coefficient (Wildman–Crippen LogP) is 0.989. The highest BCUT2D eigenvalue weighted by atomic mass is 16.5. The van der Waals surface area contributed by atoms with Crippen LogP contribution in [0.4, 0.5) is 0 Å². The lowest BCUT2D eigenvalue weighted by molar-refractivity contribution is 0.182. The number of nitrogens with two attached hydrogens (primary N) is 1. The molecule has 1 heterocycles. The van der Waals surface area contributed by atoms with Crippen molar-refractivity contribution in [3.63, 3.8) is 0 Å². The predicted molar refractivity (Wildman–Crippen MR) is 73.8 cm³/mol. The summed E-state index contributed by atoms with van der Waals surface area (Å²) in [5.41, 5.74) is 7.46. The summed E-state index contributed by atoms with van der Waals surface area (Å²) in [6.07, 6.45) is 0.982. The van der Waals surface area contributed by atoms with Crippen LogP contribution in [0.25, 0.3) is 0 Å². The Bertz CT molecular complexity index is 366. The Morgan fingerprint density at radius 3 is 2.78 bits per heavy atom. The van der Waals surface area contributed by atoms with Crippen LogP contribution in [0.2, 0.25) is 0 Å². The quantitative estimate of drug-likeness (QED) is 0.835. The van der Waals surface area contributed by atoms with Crippen molar-refractivity contribution in [1.82, 2.24) is 10.2 Å². The van der Waals surface area contributed by atoms with Crippen molar-refractivity contribution in [2.24, 2.45) is 5.73 Å². The van der Waals surface area contributed by atoms with Gasteiger partial charge in [-0.05, 0) is 31.2 Å². The molecule has 0 aliphatic carbocycles. The lowest BCUT2D eigenvalue weighted by Crippen LogP contribution is -2.50. The minimum absolute atomic E-state index is 0.0863. The van der Waals surface area contributed by atoms with Crippen molar-refractivity contribution in [3.05, 3.63) is 29.8 Å². The topological polar surface area (TPSA) is 50.5 Å². The van der Waals surface area contributed by atoms with Gasteiger partial charge in [0.2, 0.25) is 0 Å². The fraction of sp³-hybridized carbons (Fsp3) is 0.571. The van der Waals surface area contributed by atoms with E-state index in [4.69, 9.17) is 10.5 Å². The van der Waals surface area contributed by atoms with Gasteiger partial charge in [0.05, 0.1) is 7.11 Å². The molecule has 4 heteroatoms. The zero-order chi connectivity index (χ0) is 13.0. The molecular formula is C14H23N3O. The zero-order valence-corrected chi connectivity index (χ0v) is 11.2. The molecule has 0 aromatic heterocycles. The number of likely N-dealkylation sites (N-methyl/N-ethyl adjacent to an activating group) is 1. The molecule has 1 aliphatic rings. The summed E-state index contributed by atoms with van der Waals surface area (Å²) in [4.78, 5) is 2.39. The van der Waals surface area contributed by atoms with E-state index < -0.39 is 0 Å². The second-order valence-electron chi connectivity index (χ2n) is 4.95. The average Bonchev–Trinajstić information content (AvgIpc) is 2.41. The Morgan fingerprint density at radius 2 is 2.17 bits per heavy atom. The lowest BCUT2D eigenvalue weighted by atomic mass is 9.98. The highest BCUT2D eigenvalue weighted by Gasteiger charge is 2.21. The number of hydrogen-bond acceptors (Lipinski definition) is 4. The normalized spacial score (nSPS) is 22.7. The van der Waals surface area contributed by atoms with Crippen LogP contribution in [-0.2, 0) is 0 Å². The molecule has 1 aromatic rings. The van der Waals surface area contributed by atoms with Crippen LogP contribution in [0.3, 0.4) is 0 Å². The van der Waals surface area contributed by atoms with Crippen molar-refractivity contribution in [2.75, 3.05) is 33.8 Å². The Labute approximate surface area is 109 Å². The molecule has 18 heavy (non-hydrogen) atoms. The van der Waals surface area contributed by atoms with E-state index in [0.717, 1.165) is 31.8 Å². The number of nitrogens with one attached hydrogen (secondary N) is 1. The summed E-state index contributed by atoms with van der Waals surface area (Å²) < 4.78 is 5.16. The molecule has 2 unspecified atom stereocenters. The standard InChI is InChI=1S/C14H23N3O/c1-17-8-7-16-10-12(17)9-14(15)11-3-5-13(18-2)6-4-11/h3-6,12,14,16H,7-10,15H2,1-2H3. The molecule has 1 saturated heterocycles. The summed E-state index contributed by atoms with van der Waals surface area (Å²) in [7, 11) is 3.85. The summed E-state index contributed by atoms with van der Waals surface area (Å²) in [6.45, 7) is 3.20. The largest absolute Gasteiger partial charge is 0.497 e. The van der Waals surface area contributed by atoms with Gasteiger partial charge in [0, 0.05) is 31.7 Å². The molecule has 3 N–H and O–H groups in total. The van der Waals surface area contributed by atoms with Crippen LogP contribution < -0.4 is 15.8 Å². The molecule has 4 nitrogen and oxygen atoms in total. The van der Waals surface area contributed by atoms with E-state index in [1.165, 1.54) is 5.56 Å². The third-order valence-corrected chi connectivity index (χ3v) is 3.71. The van der Waals surface area contributed by atoms with E-state index in [2.05, 4.69) is 29.4 Å². The van der Waals surface area contributed by atoms with Crippen molar-refractivity contribution in [2.45, 2.75) is 18.5 Å². The number of benzene rings is 1. The van der Waals surface area contributed by atoms with Gasteiger partial charge in [-0.25, -0.2) is 0 Å². The molecule has 0 spiro atoms. The minimum Gasteiger partial charge on any atom is -0.497 e. The Morgan fingerprint density at radius 1 is 1.44 bits per heavy atom. The zero-order valence-electron chi connectivity index (χ0n) is 11.2. The van der Waals surface area contributed by atoms with Crippen LogP contribution in [0.15, 0.2) is 24.3 Å². The number of ether oxygens (including phenoxy) is 1. The molecular weight excluding hydrogens is 226 g/mol. The van der Waals surface area contributed by atoms with Gasteiger partial charge in [0.15, 0.2) is 0 Å². The van der Waals surface area contributed by atoms with Crippen LogP contribution in [0.5, 0.6) is 5.75 Å². The first-order chi connectivity index (χ1) is 8.70. The SMILES string of the molecule is COc1ccc(C(N)CC2CNCCN2C)cc1. The molecule has 1 aliphatic heterocycles. The summed E-state index contributed by atoms with van der Waals surface area (Å²) in [5.74, 6) is 0.877. The van der Waals surface area contributed by atoms with Crippen LogP contribution in [-0.4, -0.2) is 44.7 Å².